The highest BCUT2D eigenvalue weighted by Crippen LogP contribution is 2.38. The zero-order valence-electron chi connectivity index (χ0n) is 25.4. The van der Waals surface area contributed by atoms with Crippen molar-refractivity contribution in [3.05, 3.63) is 42.0 Å². The number of alkyl carbamates (subject to hydrolysis) is 1. The molecule has 2 aliphatic heterocycles. The SMILES string of the molecule is CCOc1c2c(nc3ccccc13)O[C@@H]1C[C@@H](C(=O)O)N(C1)C(=O)[C@H](C1CCCC1)NC(=O)O[C@@H]1CCC[C@H]1CC/C=C\C2. The number of amides is 2. The number of allylic oxidation sites excluding steroid dienone is 2. The van der Waals surface area contributed by atoms with Crippen molar-refractivity contribution in [2.24, 2.45) is 11.8 Å². The minimum Gasteiger partial charge on any atom is -0.493 e. The van der Waals surface area contributed by atoms with Gasteiger partial charge in [-0.3, -0.25) is 4.79 Å². The van der Waals surface area contributed by atoms with E-state index in [4.69, 9.17) is 19.2 Å². The quantitative estimate of drug-likeness (QED) is 0.443. The minimum absolute atomic E-state index is 0.0675. The van der Waals surface area contributed by atoms with Gasteiger partial charge in [0.2, 0.25) is 11.8 Å². The van der Waals surface area contributed by atoms with Gasteiger partial charge in [0.05, 0.1) is 24.2 Å². The van der Waals surface area contributed by atoms with Gasteiger partial charge in [-0.15, -0.1) is 0 Å². The molecule has 1 aromatic carbocycles. The van der Waals surface area contributed by atoms with Gasteiger partial charge in [-0.25, -0.2) is 14.6 Å². The van der Waals surface area contributed by atoms with Crippen LogP contribution >= 0.6 is 0 Å². The van der Waals surface area contributed by atoms with Gasteiger partial charge in [-0.1, -0.05) is 37.1 Å². The van der Waals surface area contributed by atoms with Crippen LogP contribution in [0, 0.1) is 11.8 Å². The first-order valence-corrected chi connectivity index (χ1v) is 16.3. The smallest absolute Gasteiger partial charge is 0.408 e. The number of rotatable bonds is 4. The summed E-state index contributed by atoms with van der Waals surface area (Å²) in [5, 5.41) is 14.0. The number of carbonyl (C=O) groups excluding carboxylic acids is 2. The highest BCUT2D eigenvalue weighted by molar-refractivity contribution is 5.90. The third-order valence-electron chi connectivity index (χ3n) is 9.75. The van der Waals surface area contributed by atoms with Crippen molar-refractivity contribution in [3.8, 4) is 11.6 Å². The monoisotopic (exact) mass is 605 g/mol. The molecule has 4 aliphatic rings. The molecule has 10 nitrogen and oxygen atoms in total. The van der Waals surface area contributed by atoms with Crippen molar-refractivity contribution >= 4 is 28.9 Å². The van der Waals surface area contributed by atoms with Crippen LogP contribution in [0.4, 0.5) is 4.79 Å². The Bertz CT molecular complexity index is 1400. The minimum atomic E-state index is -1.10. The lowest BCUT2D eigenvalue weighted by Crippen LogP contribution is -2.55. The molecule has 10 heteroatoms. The fourth-order valence-corrected chi connectivity index (χ4v) is 7.57. The number of hydrogen-bond acceptors (Lipinski definition) is 7. The molecule has 0 spiro atoms. The van der Waals surface area contributed by atoms with Crippen LogP contribution in [0.2, 0.25) is 0 Å². The van der Waals surface area contributed by atoms with Crippen LogP contribution in [0.15, 0.2) is 36.4 Å². The van der Waals surface area contributed by atoms with Gasteiger partial charge in [0.1, 0.15) is 30.0 Å². The number of hydrogen-bond donors (Lipinski definition) is 2. The Labute approximate surface area is 258 Å². The van der Waals surface area contributed by atoms with Crippen LogP contribution in [0.5, 0.6) is 11.6 Å². The number of nitrogens with one attached hydrogen (secondary N) is 1. The van der Waals surface area contributed by atoms with Gasteiger partial charge in [0.25, 0.3) is 0 Å². The van der Waals surface area contributed by atoms with E-state index >= 15 is 0 Å². The molecule has 2 bridgehead atoms. The molecule has 2 aromatic rings. The van der Waals surface area contributed by atoms with Crippen molar-refractivity contribution in [1.29, 1.82) is 0 Å². The molecule has 2 aliphatic carbocycles. The van der Waals surface area contributed by atoms with Gasteiger partial charge < -0.3 is 29.5 Å². The number of aliphatic carboxylic acids is 1. The molecular weight excluding hydrogens is 562 g/mol. The highest BCUT2D eigenvalue weighted by Gasteiger charge is 2.46. The van der Waals surface area contributed by atoms with Crippen molar-refractivity contribution in [2.45, 2.75) is 102 Å². The van der Waals surface area contributed by atoms with Gasteiger partial charge in [-0.05, 0) is 82.3 Å². The Hall–Kier alpha value is -3.82. The van der Waals surface area contributed by atoms with E-state index in [0.717, 1.165) is 74.3 Å². The number of fused-ring (bicyclic) bond motifs is 5. The fraction of sp³-hybridized carbons (Fsp3) is 0.588. The van der Waals surface area contributed by atoms with Crippen molar-refractivity contribution in [3.63, 3.8) is 0 Å². The molecule has 44 heavy (non-hydrogen) atoms. The van der Waals surface area contributed by atoms with Gasteiger partial charge in [0.15, 0.2) is 0 Å². The number of carboxylic acids is 1. The van der Waals surface area contributed by atoms with E-state index in [9.17, 15) is 19.5 Å². The van der Waals surface area contributed by atoms with E-state index in [1.54, 1.807) is 0 Å². The fourth-order valence-electron chi connectivity index (χ4n) is 7.57. The topological polar surface area (TPSA) is 127 Å². The second-order valence-electron chi connectivity index (χ2n) is 12.5. The molecule has 0 unspecified atom stereocenters. The molecule has 1 saturated heterocycles. The first-order valence-electron chi connectivity index (χ1n) is 16.3. The number of ether oxygens (including phenoxy) is 3. The predicted octanol–water partition coefficient (Wildman–Crippen LogP) is 5.41. The second kappa shape index (κ2) is 13.4. The second-order valence-corrected chi connectivity index (χ2v) is 12.5. The average molecular weight is 606 g/mol. The molecular formula is C34H43N3O7. The van der Waals surface area contributed by atoms with E-state index < -0.39 is 30.3 Å². The van der Waals surface area contributed by atoms with Crippen molar-refractivity contribution in [2.75, 3.05) is 13.2 Å². The lowest BCUT2D eigenvalue weighted by atomic mass is 9.96. The Morgan fingerprint density at radius 1 is 1.05 bits per heavy atom. The normalized spacial score (nSPS) is 29.1. The standard InChI is InChI=1S/C34H43N3O7/c1-2-42-30-24-15-8-9-17-26(24)35-31-25(30)16-5-3-4-11-21-14-10-18-28(21)44-34(41)36-29(22-12-6-7-13-22)32(38)37-20-23(43-31)19-27(37)33(39)40/h3,5,8-9,15,17,21-23,27-29H,2,4,6-7,10-14,16,18-20H2,1H3,(H,36,41)(H,39,40)/b5-3-/t21-,23-,27+,28-,29+/m1/s1. The maximum atomic E-state index is 14.1. The lowest BCUT2D eigenvalue weighted by Gasteiger charge is -2.31. The molecule has 2 amide bonds. The molecule has 236 valence electrons. The molecule has 6 rings (SSSR count). The summed E-state index contributed by atoms with van der Waals surface area (Å²) < 4.78 is 18.6. The summed E-state index contributed by atoms with van der Waals surface area (Å²) in [6.45, 7) is 2.49. The van der Waals surface area contributed by atoms with E-state index in [2.05, 4.69) is 17.5 Å². The lowest BCUT2D eigenvalue weighted by molar-refractivity contribution is -0.149. The summed E-state index contributed by atoms with van der Waals surface area (Å²) in [6, 6.07) is 5.83. The summed E-state index contributed by atoms with van der Waals surface area (Å²) in [5.74, 6) is -0.196. The number of para-hydroxylation sites is 1. The number of nitrogens with zero attached hydrogens (tertiary/aromatic N) is 2. The van der Waals surface area contributed by atoms with Crippen LogP contribution in [0.1, 0.15) is 76.7 Å². The predicted molar refractivity (Wildman–Crippen MR) is 164 cm³/mol. The van der Waals surface area contributed by atoms with E-state index in [-0.39, 0.29) is 36.8 Å². The molecule has 1 aromatic heterocycles. The third-order valence-corrected chi connectivity index (χ3v) is 9.75. The molecule has 2 N–H and O–H groups in total. The Morgan fingerprint density at radius 2 is 1.84 bits per heavy atom. The van der Waals surface area contributed by atoms with Crippen LogP contribution in [0.3, 0.4) is 0 Å². The molecule has 2 saturated carbocycles. The van der Waals surface area contributed by atoms with Crippen LogP contribution in [0.25, 0.3) is 10.9 Å². The number of carboxylic acid groups (broad SMARTS) is 1. The van der Waals surface area contributed by atoms with Crippen molar-refractivity contribution in [1.82, 2.24) is 15.2 Å². The number of carbonyl (C=O) groups is 3. The average Bonchev–Trinajstić information content (AvgIpc) is 3.78. The summed E-state index contributed by atoms with van der Waals surface area (Å²) in [6.07, 6.45) is 11.6. The molecule has 5 atom stereocenters. The number of aromatic nitrogens is 1. The zero-order chi connectivity index (χ0) is 30.6. The first-order chi connectivity index (χ1) is 21.4. The molecule has 0 radical (unpaired) electrons. The zero-order valence-corrected chi connectivity index (χ0v) is 25.4. The summed E-state index contributed by atoms with van der Waals surface area (Å²) in [7, 11) is 0. The van der Waals surface area contributed by atoms with Crippen LogP contribution in [-0.4, -0.2) is 70.4 Å². The highest BCUT2D eigenvalue weighted by atomic mass is 16.6. The first kappa shape index (κ1) is 30.2. The van der Waals surface area contributed by atoms with Crippen LogP contribution in [-0.2, 0) is 20.7 Å². The van der Waals surface area contributed by atoms with E-state index in [0.29, 0.717) is 24.7 Å². The van der Waals surface area contributed by atoms with E-state index in [1.165, 1.54) is 4.90 Å². The Morgan fingerprint density at radius 3 is 2.64 bits per heavy atom. The maximum absolute atomic E-state index is 14.1. The Kier molecular flexibility index (Phi) is 9.23. The third kappa shape index (κ3) is 6.35. The van der Waals surface area contributed by atoms with Gasteiger partial charge in [0, 0.05) is 11.8 Å². The largest absolute Gasteiger partial charge is 0.493 e. The summed E-state index contributed by atoms with van der Waals surface area (Å²) >= 11 is 0. The van der Waals surface area contributed by atoms with Gasteiger partial charge in [-0.2, -0.15) is 0 Å². The Balaban J connectivity index is 1.38. The molecule has 3 heterocycles. The summed E-state index contributed by atoms with van der Waals surface area (Å²) in [5.41, 5.74) is 1.52. The maximum Gasteiger partial charge on any atom is 0.408 e. The summed E-state index contributed by atoms with van der Waals surface area (Å²) in [4.78, 5) is 46.0. The number of pyridine rings is 1. The van der Waals surface area contributed by atoms with Crippen LogP contribution < -0.4 is 14.8 Å². The number of benzene rings is 1. The molecule has 3 fully saturated rings. The van der Waals surface area contributed by atoms with E-state index in [1.807, 2.05) is 31.2 Å². The van der Waals surface area contributed by atoms with Gasteiger partial charge >= 0.3 is 12.1 Å². The van der Waals surface area contributed by atoms with Crippen molar-refractivity contribution < 1.29 is 33.7 Å².